The van der Waals surface area contributed by atoms with E-state index in [4.69, 9.17) is 30.1 Å². The molecule has 1 atom stereocenters. The minimum atomic E-state index is -2.74. The fraction of sp³-hybridized carbons (Fsp3) is 0.355. The van der Waals surface area contributed by atoms with E-state index in [1.165, 1.54) is 19.3 Å². The number of carbonyl (C=O) groups excluding carboxylic acids is 2. The van der Waals surface area contributed by atoms with Crippen molar-refractivity contribution in [3.8, 4) is 11.3 Å². The molecular weight excluding hydrogens is 606 g/mol. The second kappa shape index (κ2) is 16.4. The molecule has 6 N–H and O–H groups in total. The lowest BCUT2D eigenvalue weighted by molar-refractivity contribution is -0.170. The molecule has 0 radical (unpaired) electrons. The molecule has 5 rings (SSSR count). The van der Waals surface area contributed by atoms with Crippen molar-refractivity contribution in [1.29, 1.82) is 0 Å². The van der Waals surface area contributed by atoms with Crippen molar-refractivity contribution in [3.05, 3.63) is 77.5 Å². The first kappa shape index (κ1) is 35.5. The van der Waals surface area contributed by atoms with Gasteiger partial charge in [-0.3, -0.25) is 24.1 Å². The Bertz CT molecular complexity index is 1470. The number of rotatable bonds is 10. The summed E-state index contributed by atoms with van der Waals surface area (Å²) in [7, 11) is 0. The summed E-state index contributed by atoms with van der Waals surface area (Å²) in [6.07, 6.45) is 0.883. The van der Waals surface area contributed by atoms with Gasteiger partial charge in [0.2, 0.25) is 0 Å². The molecule has 15 nitrogen and oxygen atoms in total. The third-order valence-corrected chi connectivity index (χ3v) is 7.11. The molecule has 246 valence electrons. The second-order valence-corrected chi connectivity index (χ2v) is 10.6. The Kier molecular flexibility index (Phi) is 12.6. The summed E-state index contributed by atoms with van der Waals surface area (Å²) in [5.41, 5.74) is -0.411. The molecule has 2 aromatic carbocycles. The summed E-state index contributed by atoms with van der Waals surface area (Å²) in [6.45, 7) is 2.22. The van der Waals surface area contributed by atoms with Gasteiger partial charge in [0.1, 0.15) is 18.5 Å². The molecule has 2 aliphatic rings. The Morgan fingerprint density at radius 3 is 1.85 bits per heavy atom. The number of piperidine rings is 1. The average molecular weight is 642 g/mol. The molecule has 0 spiro atoms. The highest BCUT2D eigenvalue weighted by Gasteiger charge is 2.40. The van der Waals surface area contributed by atoms with E-state index < -0.39 is 61.0 Å². The number of carboxylic acids is 3. The Labute approximate surface area is 262 Å². The summed E-state index contributed by atoms with van der Waals surface area (Å²) in [6, 6.07) is 18.2. The van der Waals surface area contributed by atoms with Gasteiger partial charge in [-0.05, 0) is 38.1 Å². The standard InChI is InChI=1S/C16H20N2O2.C9H7NO3.C6H8O7/c19-15(12-18-9-5-2-6-10-18)14-11-16(20-17-14)13-7-3-1-4-8-13;11-5-10-8(12)6-3-1-2-4-7(6)9(10)13;7-3(8)1-6(13,5(11)12)2-4(9)10/h1,3-4,7-8,11,15,19H,2,5-6,9-10,12H2;1-4,11H,5H2;13H,1-2H2,(H,7,8)(H,9,10)(H,11,12). The van der Waals surface area contributed by atoms with E-state index in [1.54, 1.807) is 24.3 Å². The normalized spacial score (nSPS) is 15.2. The topological polar surface area (TPSA) is 239 Å². The number of carboxylic acid groups (broad SMARTS) is 3. The Hall–Kier alpha value is -4.96. The van der Waals surface area contributed by atoms with Gasteiger partial charge in [0, 0.05) is 18.2 Å². The lowest BCUT2D eigenvalue weighted by atomic mass is 9.96. The largest absolute Gasteiger partial charge is 0.481 e. The Balaban J connectivity index is 0.000000196. The molecule has 1 aromatic heterocycles. The van der Waals surface area contributed by atoms with E-state index in [9.17, 15) is 29.1 Å². The minimum absolute atomic E-state index is 0.363. The maximum absolute atomic E-state index is 11.4. The molecule has 0 aliphatic carbocycles. The van der Waals surface area contributed by atoms with Crippen LogP contribution in [0.5, 0.6) is 0 Å². The number of aliphatic hydroxyl groups is 3. The van der Waals surface area contributed by atoms with Crippen molar-refractivity contribution in [2.45, 2.75) is 43.8 Å². The van der Waals surface area contributed by atoms with Gasteiger partial charge in [0.05, 0.1) is 24.0 Å². The molecule has 15 heteroatoms. The van der Waals surface area contributed by atoms with E-state index in [0.29, 0.717) is 29.1 Å². The lowest BCUT2D eigenvalue weighted by Crippen LogP contribution is -2.42. The second-order valence-electron chi connectivity index (χ2n) is 10.6. The number of imide groups is 1. The van der Waals surface area contributed by atoms with Crippen LogP contribution in [0.4, 0.5) is 0 Å². The predicted molar refractivity (Wildman–Crippen MR) is 158 cm³/mol. The van der Waals surface area contributed by atoms with Crippen LogP contribution in [0.15, 0.2) is 65.2 Å². The van der Waals surface area contributed by atoms with E-state index >= 15 is 0 Å². The molecule has 0 saturated carbocycles. The SMILES string of the molecule is O=C(O)CC(O)(CC(=O)O)C(=O)O.O=C1c2ccccc2C(=O)N1CO.OC(CN1CCCCC1)c1cc(-c2ccccc2)on1. The van der Waals surface area contributed by atoms with E-state index in [2.05, 4.69) is 10.1 Å². The molecular formula is C31H35N3O12. The number of hydrogen-bond donors (Lipinski definition) is 6. The molecule has 3 heterocycles. The number of likely N-dealkylation sites (tertiary alicyclic amines) is 1. The molecule has 2 amide bonds. The number of nitrogens with zero attached hydrogens (tertiary/aromatic N) is 3. The molecule has 0 bridgehead atoms. The first-order chi connectivity index (χ1) is 21.9. The zero-order chi connectivity index (χ0) is 33.9. The molecule has 1 unspecified atom stereocenters. The molecule has 1 fully saturated rings. The number of aliphatic hydroxyl groups excluding tert-OH is 2. The smallest absolute Gasteiger partial charge is 0.336 e. The van der Waals surface area contributed by atoms with Crippen molar-refractivity contribution >= 4 is 29.7 Å². The van der Waals surface area contributed by atoms with Crippen molar-refractivity contribution < 1.29 is 59.1 Å². The van der Waals surface area contributed by atoms with Crippen LogP contribution in [0.25, 0.3) is 11.3 Å². The zero-order valence-corrected chi connectivity index (χ0v) is 24.7. The first-order valence-electron chi connectivity index (χ1n) is 14.2. The van der Waals surface area contributed by atoms with Crippen molar-refractivity contribution in [1.82, 2.24) is 15.0 Å². The number of aliphatic carboxylic acids is 3. The maximum atomic E-state index is 11.4. The number of β-amino-alcohol motifs (C(OH)–C–C–N with tert-alkyl or cyclic N) is 1. The van der Waals surface area contributed by atoms with Gasteiger partial charge < -0.3 is 40.1 Å². The summed E-state index contributed by atoms with van der Waals surface area (Å²) in [5, 5.41) is 56.8. The van der Waals surface area contributed by atoms with Crippen LogP contribution in [0.1, 0.15) is 64.6 Å². The van der Waals surface area contributed by atoms with Crippen LogP contribution in [0.2, 0.25) is 0 Å². The van der Waals surface area contributed by atoms with Crippen LogP contribution in [-0.4, -0.2) is 107 Å². The monoisotopic (exact) mass is 641 g/mol. The van der Waals surface area contributed by atoms with Gasteiger partial charge in [0.15, 0.2) is 11.4 Å². The number of fused-ring (bicyclic) bond motifs is 1. The van der Waals surface area contributed by atoms with Gasteiger partial charge in [-0.1, -0.05) is 54.0 Å². The fourth-order valence-corrected chi connectivity index (χ4v) is 4.75. The van der Waals surface area contributed by atoms with E-state index in [0.717, 1.165) is 23.6 Å². The van der Waals surface area contributed by atoms with Crippen LogP contribution in [-0.2, 0) is 14.4 Å². The molecule has 3 aromatic rings. The number of amides is 2. The first-order valence-corrected chi connectivity index (χ1v) is 14.2. The van der Waals surface area contributed by atoms with Crippen LogP contribution >= 0.6 is 0 Å². The number of benzene rings is 2. The van der Waals surface area contributed by atoms with Gasteiger partial charge in [0.25, 0.3) is 11.8 Å². The number of carbonyl (C=O) groups is 5. The van der Waals surface area contributed by atoms with Crippen molar-refractivity contribution in [3.63, 3.8) is 0 Å². The maximum Gasteiger partial charge on any atom is 0.336 e. The zero-order valence-electron chi connectivity index (χ0n) is 24.7. The molecule has 2 aliphatic heterocycles. The molecule has 46 heavy (non-hydrogen) atoms. The van der Waals surface area contributed by atoms with Crippen LogP contribution in [0, 0.1) is 0 Å². The van der Waals surface area contributed by atoms with E-state index in [1.807, 2.05) is 36.4 Å². The van der Waals surface area contributed by atoms with Crippen LogP contribution in [0.3, 0.4) is 0 Å². The minimum Gasteiger partial charge on any atom is -0.481 e. The number of aromatic nitrogens is 1. The summed E-state index contributed by atoms with van der Waals surface area (Å²) >= 11 is 0. The highest BCUT2D eigenvalue weighted by Crippen LogP contribution is 2.24. The van der Waals surface area contributed by atoms with E-state index in [-0.39, 0.29) is 0 Å². The highest BCUT2D eigenvalue weighted by molar-refractivity contribution is 6.21. The van der Waals surface area contributed by atoms with Crippen LogP contribution < -0.4 is 0 Å². The van der Waals surface area contributed by atoms with Gasteiger partial charge in [-0.25, -0.2) is 4.79 Å². The summed E-state index contributed by atoms with van der Waals surface area (Å²) in [4.78, 5) is 56.4. The third-order valence-electron chi connectivity index (χ3n) is 7.11. The predicted octanol–water partition coefficient (Wildman–Crippen LogP) is 1.84. The summed E-state index contributed by atoms with van der Waals surface area (Å²) < 4.78 is 5.33. The number of hydrogen-bond acceptors (Lipinski definition) is 11. The third kappa shape index (κ3) is 9.52. The van der Waals surface area contributed by atoms with Gasteiger partial charge in [-0.15, -0.1) is 0 Å². The lowest BCUT2D eigenvalue weighted by Gasteiger charge is -2.27. The van der Waals surface area contributed by atoms with Gasteiger partial charge in [-0.2, -0.15) is 0 Å². The highest BCUT2D eigenvalue weighted by atomic mass is 16.5. The summed E-state index contributed by atoms with van der Waals surface area (Å²) in [5.74, 6) is -5.17. The Morgan fingerprint density at radius 2 is 1.37 bits per heavy atom. The fourth-order valence-electron chi connectivity index (χ4n) is 4.75. The average Bonchev–Trinajstić information content (AvgIpc) is 3.61. The Morgan fingerprint density at radius 1 is 0.848 bits per heavy atom. The van der Waals surface area contributed by atoms with Crippen molar-refractivity contribution in [2.24, 2.45) is 0 Å². The van der Waals surface area contributed by atoms with Crippen molar-refractivity contribution in [2.75, 3.05) is 26.4 Å². The molecule has 1 saturated heterocycles. The van der Waals surface area contributed by atoms with Gasteiger partial charge >= 0.3 is 17.9 Å². The quantitative estimate of drug-likeness (QED) is 0.173.